The first kappa shape index (κ1) is 12.4. The number of hydrogen-bond donors (Lipinski definition) is 1. The van der Waals surface area contributed by atoms with Crippen LogP contribution in [0, 0.1) is 6.92 Å². The molecule has 0 aliphatic carbocycles. The van der Waals surface area contributed by atoms with Crippen LogP contribution in [0.4, 0.5) is 5.69 Å². The predicted molar refractivity (Wildman–Crippen MR) is 70.1 cm³/mol. The van der Waals surface area contributed by atoms with Gasteiger partial charge in [0.05, 0.1) is 19.4 Å². The molecule has 0 aliphatic rings. The molecule has 18 heavy (non-hydrogen) atoms. The van der Waals surface area contributed by atoms with Gasteiger partial charge < -0.3 is 15.1 Å². The van der Waals surface area contributed by atoms with E-state index in [0.717, 1.165) is 17.0 Å². The second-order valence-corrected chi connectivity index (χ2v) is 4.10. The van der Waals surface area contributed by atoms with Gasteiger partial charge in [-0.2, -0.15) is 0 Å². The highest BCUT2D eigenvalue weighted by molar-refractivity contribution is 5.94. The van der Waals surface area contributed by atoms with E-state index in [9.17, 15) is 4.79 Å². The Morgan fingerprint density at radius 3 is 2.78 bits per heavy atom. The molecule has 1 aromatic heterocycles. The van der Waals surface area contributed by atoms with Crippen molar-refractivity contribution in [2.75, 3.05) is 11.4 Å². The normalized spacial score (nSPS) is 10.3. The van der Waals surface area contributed by atoms with Gasteiger partial charge in [0.2, 0.25) is 5.91 Å². The molecule has 0 spiro atoms. The smallest absolute Gasteiger partial charge is 0.241 e. The van der Waals surface area contributed by atoms with Gasteiger partial charge in [0.1, 0.15) is 5.76 Å². The van der Waals surface area contributed by atoms with E-state index in [2.05, 4.69) is 0 Å². The highest BCUT2D eigenvalue weighted by atomic mass is 16.3. The van der Waals surface area contributed by atoms with Gasteiger partial charge in [-0.3, -0.25) is 4.79 Å². The van der Waals surface area contributed by atoms with Gasteiger partial charge in [0, 0.05) is 5.69 Å². The lowest BCUT2D eigenvalue weighted by atomic mass is 10.2. The van der Waals surface area contributed by atoms with Gasteiger partial charge in [0.25, 0.3) is 0 Å². The van der Waals surface area contributed by atoms with Crippen LogP contribution < -0.4 is 10.6 Å². The standard InChI is InChI=1S/C14H16N2O2/c1-11-4-2-5-12(8-11)16(14(17)9-15)10-13-6-3-7-18-13/h2-8H,9-10,15H2,1H3. The zero-order valence-corrected chi connectivity index (χ0v) is 10.3. The van der Waals surface area contributed by atoms with Gasteiger partial charge >= 0.3 is 0 Å². The van der Waals surface area contributed by atoms with Gasteiger partial charge in [-0.1, -0.05) is 12.1 Å². The van der Waals surface area contributed by atoms with Crippen molar-refractivity contribution in [3.63, 3.8) is 0 Å². The third-order valence-electron chi connectivity index (χ3n) is 2.68. The quantitative estimate of drug-likeness (QED) is 0.895. The molecule has 0 saturated carbocycles. The molecule has 0 unspecified atom stereocenters. The zero-order valence-electron chi connectivity index (χ0n) is 10.3. The zero-order chi connectivity index (χ0) is 13.0. The summed E-state index contributed by atoms with van der Waals surface area (Å²) in [4.78, 5) is 13.5. The molecule has 2 rings (SSSR count). The van der Waals surface area contributed by atoms with Crippen molar-refractivity contribution >= 4 is 11.6 Å². The maximum absolute atomic E-state index is 11.9. The number of nitrogens with zero attached hydrogens (tertiary/aromatic N) is 1. The minimum atomic E-state index is -0.128. The van der Waals surface area contributed by atoms with Crippen molar-refractivity contribution in [1.29, 1.82) is 0 Å². The van der Waals surface area contributed by atoms with Crippen LogP contribution in [0.25, 0.3) is 0 Å². The Labute approximate surface area is 106 Å². The first-order valence-corrected chi connectivity index (χ1v) is 5.80. The molecular formula is C14H16N2O2. The van der Waals surface area contributed by atoms with E-state index in [4.69, 9.17) is 10.2 Å². The molecule has 0 radical (unpaired) electrons. The maximum Gasteiger partial charge on any atom is 0.241 e. The van der Waals surface area contributed by atoms with E-state index in [1.165, 1.54) is 0 Å². The largest absolute Gasteiger partial charge is 0.467 e. The number of anilines is 1. The van der Waals surface area contributed by atoms with Crippen LogP contribution in [0.15, 0.2) is 47.1 Å². The Morgan fingerprint density at radius 1 is 1.33 bits per heavy atom. The van der Waals surface area contributed by atoms with E-state index in [-0.39, 0.29) is 12.5 Å². The average molecular weight is 244 g/mol. The molecule has 1 amide bonds. The summed E-state index contributed by atoms with van der Waals surface area (Å²) >= 11 is 0. The van der Waals surface area contributed by atoms with E-state index in [0.29, 0.717) is 6.54 Å². The Hall–Kier alpha value is -2.07. The van der Waals surface area contributed by atoms with Crippen molar-refractivity contribution in [3.05, 3.63) is 54.0 Å². The first-order chi connectivity index (χ1) is 8.70. The fourth-order valence-corrected chi connectivity index (χ4v) is 1.79. The number of carbonyl (C=O) groups excluding carboxylic acids is 1. The number of aryl methyl sites for hydroxylation is 1. The minimum Gasteiger partial charge on any atom is -0.467 e. The minimum absolute atomic E-state index is 0.0192. The number of rotatable bonds is 4. The molecule has 1 heterocycles. The van der Waals surface area contributed by atoms with E-state index in [1.54, 1.807) is 17.2 Å². The Balaban J connectivity index is 2.28. The van der Waals surface area contributed by atoms with Gasteiger partial charge in [0.15, 0.2) is 0 Å². The molecular weight excluding hydrogens is 228 g/mol. The summed E-state index contributed by atoms with van der Waals surface area (Å²) in [5.41, 5.74) is 7.39. The number of hydrogen-bond acceptors (Lipinski definition) is 3. The van der Waals surface area contributed by atoms with Crippen LogP contribution in [-0.2, 0) is 11.3 Å². The molecule has 0 fully saturated rings. The third kappa shape index (κ3) is 2.78. The molecule has 2 N–H and O–H groups in total. The summed E-state index contributed by atoms with van der Waals surface area (Å²) in [5.74, 6) is 0.607. The van der Waals surface area contributed by atoms with Crippen molar-refractivity contribution in [2.45, 2.75) is 13.5 Å². The molecule has 4 heteroatoms. The summed E-state index contributed by atoms with van der Waals surface area (Å²) in [6.07, 6.45) is 1.59. The maximum atomic E-state index is 11.9. The summed E-state index contributed by atoms with van der Waals surface area (Å²) in [7, 11) is 0. The van der Waals surface area contributed by atoms with Crippen molar-refractivity contribution in [2.24, 2.45) is 5.73 Å². The van der Waals surface area contributed by atoms with Crippen LogP contribution in [0.5, 0.6) is 0 Å². The number of carbonyl (C=O) groups is 1. The monoisotopic (exact) mass is 244 g/mol. The number of nitrogens with two attached hydrogens (primary N) is 1. The highest BCUT2D eigenvalue weighted by Crippen LogP contribution is 2.19. The van der Waals surface area contributed by atoms with Gasteiger partial charge in [-0.15, -0.1) is 0 Å². The van der Waals surface area contributed by atoms with Gasteiger partial charge in [-0.05, 0) is 36.8 Å². The van der Waals surface area contributed by atoms with Crippen LogP contribution in [0.3, 0.4) is 0 Å². The number of benzene rings is 1. The average Bonchev–Trinajstić information content (AvgIpc) is 2.88. The molecule has 2 aromatic rings. The van der Waals surface area contributed by atoms with Crippen molar-refractivity contribution < 1.29 is 9.21 Å². The fourth-order valence-electron chi connectivity index (χ4n) is 1.79. The lowest BCUT2D eigenvalue weighted by Gasteiger charge is -2.21. The molecule has 4 nitrogen and oxygen atoms in total. The molecule has 0 saturated heterocycles. The lowest BCUT2D eigenvalue weighted by Crippen LogP contribution is -2.35. The van der Waals surface area contributed by atoms with E-state index >= 15 is 0 Å². The topological polar surface area (TPSA) is 59.5 Å². The van der Waals surface area contributed by atoms with Crippen LogP contribution in [0.1, 0.15) is 11.3 Å². The van der Waals surface area contributed by atoms with E-state index < -0.39 is 0 Å². The highest BCUT2D eigenvalue weighted by Gasteiger charge is 2.15. The first-order valence-electron chi connectivity index (χ1n) is 5.80. The Bertz CT molecular complexity index is 520. The number of amides is 1. The van der Waals surface area contributed by atoms with Gasteiger partial charge in [-0.25, -0.2) is 0 Å². The number of furan rings is 1. The summed E-state index contributed by atoms with van der Waals surface area (Å²) in [6.45, 7) is 2.36. The SMILES string of the molecule is Cc1cccc(N(Cc2ccco2)C(=O)CN)c1. The molecule has 0 atom stereocenters. The fraction of sp³-hybridized carbons (Fsp3) is 0.214. The van der Waals surface area contributed by atoms with Crippen LogP contribution in [0.2, 0.25) is 0 Å². The predicted octanol–water partition coefficient (Wildman–Crippen LogP) is 2.08. The summed E-state index contributed by atoms with van der Waals surface area (Å²) < 4.78 is 5.28. The molecule has 0 aliphatic heterocycles. The second kappa shape index (κ2) is 5.51. The Morgan fingerprint density at radius 2 is 2.17 bits per heavy atom. The van der Waals surface area contributed by atoms with Crippen molar-refractivity contribution in [1.82, 2.24) is 0 Å². The van der Waals surface area contributed by atoms with E-state index in [1.807, 2.05) is 37.3 Å². The molecule has 0 bridgehead atoms. The molecule has 94 valence electrons. The molecule has 1 aromatic carbocycles. The van der Waals surface area contributed by atoms with Crippen LogP contribution >= 0.6 is 0 Å². The van der Waals surface area contributed by atoms with Crippen LogP contribution in [-0.4, -0.2) is 12.5 Å². The Kier molecular flexibility index (Phi) is 3.79. The second-order valence-electron chi connectivity index (χ2n) is 4.10. The van der Waals surface area contributed by atoms with Crippen molar-refractivity contribution in [3.8, 4) is 0 Å². The summed E-state index contributed by atoms with van der Waals surface area (Å²) in [6, 6.07) is 11.4. The third-order valence-corrected chi connectivity index (χ3v) is 2.68. The lowest BCUT2D eigenvalue weighted by molar-refractivity contribution is -0.117. The summed E-state index contributed by atoms with van der Waals surface area (Å²) in [5, 5.41) is 0.